The van der Waals surface area contributed by atoms with Gasteiger partial charge < -0.3 is 19.0 Å². The molecule has 1 aliphatic carbocycles. The number of carboxylic acid groups (broad SMARTS) is 1. The van der Waals surface area contributed by atoms with Crippen molar-refractivity contribution in [1.29, 1.82) is 0 Å². The molecule has 0 radical (unpaired) electrons. The Morgan fingerprint density at radius 2 is 1.74 bits per heavy atom. The number of carbonyl (C=O) groups is 1. The second-order valence-corrected chi connectivity index (χ2v) is 8.90. The fraction of sp³-hybridized carbons (Fsp3) is 0.407. The summed E-state index contributed by atoms with van der Waals surface area (Å²) in [6, 6.07) is 11.5. The zero-order valence-corrected chi connectivity index (χ0v) is 19.3. The molecule has 6 nitrogen and oxygen atoms in total. The van der Waals surface area contributed by atoms with Gasteiger partial charge >= 0.3 is 5.97 Å². The lowest BCUT2D eigenvalue weighted by molar-refractivity contribution is 0.00376. The average Bonchev–Trinajstić information content (AvgIpc) is 3.29. The number of hydrogen-bond acceptors (Lipinski definition) is 5. The summed E-state index contributed by atoms with van der Waals surface area (Å²) in [4.78, 5) is 16.0. The largest absolute Gasteiger partial charge is 0.478 e. The predicted molar refractivity (Wildman–Crippen MR) is 125 cm³/mol. The Morgan fingerprint density at radius 1 is 1.06 bits per heavy atom. The Hall–Kier alpha value is -3.03. The Morgan fingerprint density at radius 3 is 2.41 bits per heavy atom. The third kappa shape index (κ3) is 6.10. The first-order chi connectivity index (χ1) is 16.5. The summed E-state index contributed by atoms with van der Waals surface area (Å²) in [6.07, 6.45) is 6.07. The highest BCUT2D eigenvalue weighted by atomic mass is 19.1. The Balaban J connectivity index is 1.27. The van der Waals surface area contributed by atoms with Crippen molar-refractivity contribution >= 4 is 5.97 Å². The van der Waals surface area contributed by atoms with E-state index in [1.54, 1.807) is 31.4 Å². The van der Waals surface area contributed by atoms with E-state index in [9.17, 15) is 14.3 Å². The van der Waals surface area contributed by atoms with Crippen LogP contribution in [0.1, 0.15) is 52.9 Å². The van der Waals surface area contributed by atoms with Crippen LogP contribution < -0.4 is 0 Å². The van der Waals surface area contributed by atoms with E-state index in [1.807, 2.05) is 12.1 Å². The van der Waals surface area contributed by atoms with Gasteiger partial charge in [0.1, 0.15) is 17.8 Å². The Labute approximate surface area is 198 Å². The normalized spacial score (nSPS) is 18.2. The molecule has 1 heterocycles. The number of aromatic nitrogens is 1. The van der Waals surface area contributed by atoms with Crippen molar-refractivity contribution in [3.05, 3.63) is 76.9 Å². The number of aromatic carboxylic acids is 1. The number of rotatable bonds is 10. The monoisotopic (exact) mass is 467 g/mol. The number of oxazole rings is 1. The summed E-state index contributed by atoms with van der Waals surface area (Å²) in [7, 11) is 0. The standard InChI is InChI=1S/C27H30FNO5/c1-18-5-4-8-22(25(18)27(30)31)15-32-13-20-6-2-3-7-21(20)14-33-16-24-17-34-26(29-24)19-9-11-23(28)12-10-19/h4-5,8-12,17,20-21H,2-3,6-7,13-16H2,1H3,(H,30,31)/t20-,21+/m0/s1. The highest BCUT2D eigenvalue weighted by Crippen LogP contribution is 2.31. The predicted octanol–water partition coefficient (Wildman–Crippen LogP) is 6.03. The van der Waals surface area contributed by atoms with Gasteiger partial charge in [-0.25, -0.2) is 14.2 Å². The molecule has 0 unspecified atom stereocenters. The fourth-order valence-corrected chi connectivity index (χ4v) is 4.61. The second-order valence-electron chi connectivity index (χ2n) is 8.90. The van der Waals surface area contributed by atoms with E-state index in [-0.39, 0.29) is 5.82 Å². The first kappa shape index (κ1) is 24.1. The van der Waals surface area contributed by atoms with Gasteiger partial charge in [-0.1, -0.05) is 31.0 Å². The van der Waals surface area contributed by atoms with E-state index in [2.05, 4.69) is 4.98 Å². The maximum Gasteiger partial charge on any atom is 0.336 e. The van der Waals surface area contributed by atoms with E-state index in [1.165, 1.54) is 25.0 Å². The van der Waals surface area contributed by atoms with E-state index < -0.39 is 5.97 Å². The van der Waals surface area contributed by atoms with Crippen LogP contribution in [0.3, 0.4) is 0 Å². The molecule has 180 valence electrons. The summed E-state index contributed by atoms with van der Waals surface area (Å²) < 4.78 is 30.6. The summed E-state index contributed by atoms with van der Waals surface area (Å²) >= 11 is 0. The molecule has 1 fully saturated rings. The zero-order chi connectivity index (χ0) is 23.9. The molecule has 0 saturated heterocycles. The summed E-state index contributed by atoms with van der Waals surface area (Å²) in [5.41, 5.74) is 3.20. The molecular weight excluding hydrogens is 437 g/mol. The van der Waals surface area contributed by atoms with Crippen LogP contribution in [0.2, 0.25) is 0 Å². The van der Waals surface area contributed by atoms with E-state index in [4.69, 9.17) is 13.9 Å². The van der Waals surface area contributed by atoms with Crippen LogP contribution in [0.15, 0.2) is 53.1 Å². The van der Waals surface area contributed by atoms with Gasteiger partial charge in [0.05, 0.1) is 32.0 Å². The van der Waals surface area contributed by atoms with Crippen LogP contribution in [0.25, 0.3) is 11.5 Å². The lowest BCUT2D eigenvalue weighted by Gasteiger charge is -2.31. The molecule has 34 heavy (non-hydrogen) atoms. The number of benzene rings is 2. The summed E-state index contributed by atoms with van der Waals surface area (Å²) in [5, 5.41) is 9.51. The van der Waals surface area contributed by atoms with Gasteiger partial charge in [0.15, 0.2) is 0 Å². The van der Waals surface area contributed by atoms with Crippen LogP contribution in [0.5, 0.6) is 0 Å². The van der Waals surface area contributed by atoms with Crippen LogP contribution in [-0.2, 0) is 22.7 Å². The topological polar surface area (TPSA) is 81.8 Å². The van der Waals surface area contributed by atoms with E-state index in [0.717, 1.165) is 24.0 Å². The van der Waals surface area contributed by atoms with Gasteiger partial charge in [-0.05, 0) is 67.0 Å². The Kier molecular flexibility index (Phi) is 8.08. The second kappa shape index (κ2) is 11.4. The quantitative estimate of drug-likeness (QED) is 0.392. The molecular formula is C27H30FNO5. The van der Waals surface area contributed by atoms with Gasteiger partial charge in [0.2, 0.25) is 5.89 Å². The van der Waals surface area contributed by atoms with Crippen molar-refractivity contribution in [3.8, 4) is 11.5 Å². The molecule has 0 amide bonds. The lowest BCUT2D eigenvalue weighted by atomic mass is 9.80. The van der Waals surface area contributed by atoms with Crippen LogP contribution in [-0.4, -0.2) is 29.3 Å². The molecule has 2 atom stereocenters. The lowest BCUT2D eigenvalue weighted by Crippen LogP contribution is -2.27. The first-order valence-corrected chi connectivity index (χ1v) is 11.7. The van der Waals surface area contributed by atoms with Crippen molar-refractivity contribution in [2.24, 2.45) is 11.8 Å². The SMILES string of the molecule is Cc1cccc(COC[C@@H]2CCCC[C@@H]2COCc2coc(-c3ccc(F)cc3)n2)c1C(=O)O. The number of hydrogen-bond donors (Lipinski definition) is 1. The minimum absolute atomic E-state index is 0.290. The third-order valence-corrected chi connectivity index (χ3v) is 6.45. The van der Waals surface area contributed by atoms with Crippen LogP contribution >= 0.6 is 0 Å². The first-order valence-electron chi connectivity index (χ1n) is 11.7. The molecule has 0 bridgehead atoms. The fourth-order valence-electron chi connectivity index (χ4n) is 4.61. The number of aryl methyl sites for hydroxylation is 1. The smallest absolute Gasteiger partial charge is 0.336 e. The van der Waals surface area contributed by atoms with Crippen molar-refractivity contribution < 1.29 is 28.2 Å². The van der Waals surface area contributed by atoms with Gasteiger partial charge in [-0.2, -0.15) is 0 Å². The average molecular weight is 468 g/mol. The minimum Gasteiger partial charge on any atom is -0.478 e. The van der Waals surface area contributed by atoms with Crippen molar-refractivity contribution in [3.63, 3.8) is 0 Å². The molecule has 0 aliphatic heterocycles. The van der Waals surface area contributed by atoms with Gasteiger partial charge in [0.25, 0.3) is 0 Å². The number of carboxylic acids is 1. The summed E-state index contributed by atoms with van der Waals surface area (Å²) in [5.74, 6) is -0.0193. The van der Waals surface area contributed by atoms with E-state index in [0.29, 0.717) is 61.0 Å². The van der Waals surface area contributed by atoms with E-state index >= 15 is 0 Å². The molecule has 7 heteroatoms. The number of nitrogens with zero attached hydrogens (tertiary/aromatic N) is 1. The van der Waals surface area contributed by atoms with Crippen LogP contribution in [0, 0.1) is 24.6 Å². The maximum absolute atomic E-state index is 13.1. The highest BCUT2D eigenvalue weighted by Gasteiger charge is 2.26. The third-order valence-electron chi connectivity index (χ3n) is 6.45. The van der Waals surface area contributed by atoms with Gasteiger partial charge in [-0.3, -0.25) is 0 Å². The molecule has 1 aliphatic rings. The van der Waals surface area contributed by atoms with Gasteiger partial charge in [0, 0.05) is 5.56 Å². The number of ether oxygens (including phenoxy) is 2. The molecule has 0 spiro atoms. The van der Waals surface area contributed by atoms with Crippen molar-refractivity contribution in [2.45, 2.75) is 45.8 Å². The van der Waals surface area contributed by atoms with Crippen molar-refractivity contribution in [1.82, 2.24) is 4.98 Å². The molecule has 1 N–H and O–H groups in total. The Bertz CT molecular complexity index is 1090. The maximum atomic E-state index is 13.1. The highest BCUT2D eigenvalue weighted by molar-refractivity contribution is 5.91. The van der Waals surface area contributed by atoms with Crippen molar-refractivity contribution in [2.75, 3.05) is 13.2 Å². The molecule has 1 saturated carbocycles. The summed E-state index contributed by atoms with van der Waals surface area (Å²) in [6.45, 7) is 3.63. The number of halogens is 1. The molecule has 4 rings (SSSR count). The van der Waals surface area contributed by atoms with Gasteiger partial charge in [-0.15, -0.1) is 0 Å². The van der Waals surface area contributed by atoms with Crippen LogP contribution in [0.4, 0.5) is 4.39 Å². The zero-order valence-electron chi connectivity index (χ0n) is 19.3. The minimum atomic E-state index is -0.920. The molecule has 2 aromatic carbocycles. The molecule has 3 aromatic rings. The molecule has 1 aromatic heterocycles.